The van der Waals surface area contributed by atoms with Gasteiger partial charge >= 0.3 is 0 Å². The van der Waals surface area contributed by atoms with Crippen molar-refractivity contribution in [3.63, 3.8) is 0 Å². The van der Waals surface area contributed by atoms with E-state index in [1.807, 2.05) is 0 Å². The SMILES string of the molecule is O=c1c2ccc([N+](=O)[O-])cc2oc2cccc(F)c12. The summed E-state index contributed by atoms with van der Waals surface area (Å²) in [6, 6.07) is 7.62. The van der Waals surface area contributed by atoms with Gasteiger partial charge in [0.05, 0.1) is 16.4 Å². The van der Waals surface area contributed by atoms with Crippen molar-refractivity contribution < 1.29 is 13.7 Å². The first-order chi connectivity index (χ1) is 9.08. The van der Waals surface area contributed by atoms with Crippen LogP contribution in [-0.4, -0.2) is 4.92 Å². The highest BCUT2D eigenvalue weighted by Crippen LogP contribution is 2.23. The minimum atomic E-state index is -0.675. The van der Waals surface area contributed by atoms with Crippen molar-refractivity contribution in [3.05, 3.63) is 62.6 Å². The van der Waals surface area contributed by atoms with Gasteiger partial charge in [-0.05, 0) is 18.2 Å². The third-order valence-electron chi connectivity index (χ3n) is 2.84. The fourth-order valence-electron chi connectivity index (χ4n) is 1.96. The van der Waals surface area contributed by atoms with Crippen LogP contribution in [0.1, 0.15) is 0 Å². The summed E-state index contributed by atoms with van der Waals surface area (Å²) in [4.78, 5) is 22.2. The van der Waals surface area contributed by atoms with Gasteiger partial charge in [0.25, 0.3) is 5.69 Å². The van der Waals surface area contributed by atoms with Crippen molar-refractivity contribution >= 4 is 27.6 Å². The normalized spacial score (nSPS) is 11.0. The summed E-state index contributed by atoms with van der Waals surface area (Å²) < 4.78 is 19.0. The highest BCUT2D eigenvalue weighted by atomic mass is 19.1. The van der Waals surface area contributed by atoms with Gasteiger partial charge in [0.1, 0.15) is 22.4 Å². The molecule has 0 fully saturated rings. The molecule has 0 N–H and O–H groups in total. The Morgan fingerprint density at radius 3 is 2.68 bits per heavy atom. The number of nitro groups is 1. The summed E-state index contributed by atoms with van der Waals surface area (Å²) in [6.07, 6.45) is 0. The van der Waals surface area contributed by atoms with Crippen LogP contribution in [0.2, 0.25) is 0 Å². The molecule has 5 nitrogen and oxygen atoms in total. The Bertz CT molecular complexity index is 885. The molecule has 1 heterocycles. The zero-order chi connectivity index (χ0) is 13.6. The molecule has 0 unspecified atom stereocenters. The number of benzene rings is 2. The lowest BCUT2D eigenvalue weighted by Gasteiger charge is -2.01. The van der Waals surface area contributed by atoms with Gasteiger partial charge in [-0.15, -0.1) is 0 Å². The van der Waals surface area contributed by atoms with Crippen LogP contribution in [0.3, 0.4) is 0 Å². The Morgan fingerprint density at radius 2 is 1.95 bits per heavy atom. The molecule has 19 heavy (non-hydrogen) atoms. The van der Waals surface area contributed by atoms with Crippen molar-refractivity contribution in [2.45, 2.75) is 0 Å². The molecule has 0 atom stereocenters. The van der Waals surface area contributed by atoms with Gasteiger partial charge in [-0.1, -0.05) is 6.07 Å². The summed E-state index contributed by atoms with van der Waals surface area (Å²) in [5, 5.41) is 10.6. The highest BCUT2D eigenvalue weighted by Gasteiger charge is 2.14. The highest BCUT2D eigenvalue weighted by molar-refractivity contribution is 5.90. The predicted octanol–water partition coefficient (Wildman–Crippen LogP) is 2.99. The molecule has 0 saturated carbocycles. The molecule has 0 radical (unpaired) electrons. The van der Waals surface area contributed by atoms with Crippen LogP contribution in [-0.2, 0) is 0 Å². The average molecular weight is 259 g/mol. The molecule has 1 aromatic heterocycles. The summed E-state index contributed by atoms with van der Waals surface area (Å²) in [5.41, 5.74) is -0.592. The molecule has 3 rings (SSSR count). The number of hydrogen-bond donors (Lipinski definition) is 0. The summed E-state index contributed by atoms with van der Waals surface area (Å²) in [7, 11) is 0. The van der Waals surface area contributed by atoms with Crippen LogP contribution < -0.4 is 5.43 Å². The fraction of sp³-hybridized carbons (Fsp3) is 0. The largest absolute Gasteiger partial charge is 0.455 e. The molecular formula is C13H6FNO4. The Kier molecular flexibility index (Phi) is 2.31. The Morgan fingerprint density at radius 1 is 1.16 bits per heavy atom. The van der Waals surface area contributed by atoms with Crippen molar-refractivity contribution in [3.8, 4) is 0 Å². The lowest BCUT2D eigenvalue weighted by atomic mass is 10.1. The minimum Gasteiger partial charge on any atom is -0.455 e. The number of halogens is 1. The summed E-state index contributed by atoms with van der Waals surface area (Å²) in [5.74, 6) is -0.675. The molecule has 94 valence electrons. The first-order valence-electron chi connectivity index (χ1n) is 5.37. The second kappa shape index (κ2) is 3.88. The number of hydrogen-bond acceptors (Lipinski definition) is 4. The van der Waals surface area contributed by atoms with Crippen LogP contribution in [0, 0.1) is 15.9 Å². The molecule has 0 saturated heterocycles. The van der Waals surface area contributed by atoms with E-state index in [9.17, 15) is 19.3 Å². The predicted molar refractivity (Wildman–Crippen MR) is 66.6 cm³/mol. The number of fused-ring (bicyclic) bond motifs is 2. The molecule has 0 aliphatic heterocycles. The van der Waals surface area contributed by atoms with Crippen molar-refractivity contribution in [1.82, 2.24) is 0 Å². The van der Waals surface area contributed by atoms with Gasteiger partial charge in [0.15, 0.2) is 0 Å². The Hall–Kier alpha value is -2.76. The molecule has 0 bridgehead atoms. The van der Waals surface area contributed by atoms with E-state index in [0.29, 0.717) is 0 Å². The fourth-order valence-corrected chi connectivity index (χ4v) is 1.96. The molecular weight excluding hydrogens is 253 g/mol. The van der Waals surface area contributed by atoms with Gasteiger partial charge in [0, 0.05) is 6.07 Å². The van der Waals surface area contributed by atoms with E-state index >= 15 is 0 Å². The van der Waals surface area contributed by atoms with Crippen LogP contribution in [0.15, 0.2) is 45.6 Å². The number of nitrogens with zero attached hydrogens (tertiary/aromatic N) is 1. The quantitative estimate of drug-likeness (QED) is 0.382. The summed E-state index contributed by atoms with van der Waals surface area (Å²) in [6.45, 7) is 0. The monoisotopic (exact) mass is 259 g/mol. The molecule has 0 aliphatic carbocycles. The molecule has 0 amide bonds. The molecule has 6 heteroatoms. The number of nitro benzene ring substituents is 1. The van der Waals surface area contributed by atoms with Gasteiger partial charge in [-0.25, -0.2) is 4.39 Å². The maximum Gasteiger partial charge on any atom is 0.273 e. The van der Waals surface area contributed by atoms with E-state index in [-0.39, 0.29) is 27.6 Å². The second-order valence-corrected chi connectivity index (χ2v) is 3.98. The Balaban J connectivity index is 2.50. The van der Waals surface area contributed by atoms with Crippen LogP contribution >= 0.6 is 0 Å². The number of non-ortho nitro benzene ring substituents is 1. The lowest BCUT2D eigenvalue weighted by molar-refractivity contribution is -0.384. The van der Waals surface area contributed by atoms with Gasteiger partial charge in [-0.3, -0.25) is 14.9 Å². The smallest absolute Gasteiger partial charge is 0.273 e. The maximum absolute atomic E-state index is 13.6. The first kappa shape index (κ1) is 11.3. The molecule has 2 aromatic carbocycles. The van der Waals surface area contributed by atoms with E-state index < -0.39 is 16.2 Å². The first-order valence-corrected chi connectivity index (χ1v) is 5.37. The van der Waals surface area contributed by atoms with Crippen molar-refractivity contribution in [2.24, 2.45) is 0 Å². The van der Waals surface area contributed by atoms with Crippen LogP contribution in [0.5, 0.6) is 0 Å². The van der Waals surface area contributed by atoms with E-state index in [1.165, 1.54) is 24.3 Å². The van der Waals surface area contributed by atoms with E-state index in [1.54, 1.807) is 0 Å². The van der Waals surface area contributed by atoms with Crippen molar-refractivity contribution in [2.75, 3.05) is 0 Å². The number of rotatable bonds is 1. The molecule has 0 aliphatic rings. The van der Waals surface area contributed by atoms with Crippen molar-refractivity contribution in [1.29, 1.82) is 0 Å². The zero-order valence-corrected chi connectivity index (χ0v) is 9.42. The summed E-state index contributed by atoms with van der Waals surface area (Å²) >= 11 is 0. The second-order valence-electron chi connectivity index (χ2n) is 3.98. The van der Waals surface area contributed by atoms with Crippen LogP contribution in [0.25, 0.3) is 21.9 Å². The zero-order valence-electron chi connectivity index (χ0n) is 9.42. The minimum absolute atomic E-state index is 0.0669. The third kappa shape index (κ3) is 1.65. The topological polar surface area (TPSA) is 73.3 Å². The third-order valence-corrected chi connectivity index (χ3v) is 2.84. The van der Waals surface area contributed by atoms with E-state index in [2.05, 4.69) is 0 Å². The van der Waals surface area contributed by atoms with Gasteiger partial charge in [-0.2, -0.15) is 0 Å². The average Bonchev–Trinajstić information content (AvgIpc) is 2.38. The Labute approximate surface area is 105 Å². The van der Waals surface area contributed by atoms with Gasteiger partial charge in [0.2, 0.25) is 5.43 Å². The lowest BCUT2D eigenvalue weighted by Crippen LogP contribution is -2.04. The molecule has 0 spiro atoms. The van der Waals surface area contributed by atoms with E-state index in [4.69, 9.17) is 4.42 Å². The molecule has 3 aromatic rings. The van der Waals surface area contributed by atoms with Gasteiger partial charge < -0.3 is 4.42 Å². The van der Waals surface area contributed by atoms with E-state index in [0.717, 1.165) is 12.1 Å². The van der Waals surface area contributed by atoms with Crippen LogP contribution in [0.4, 0.5) is 10.1 Å². The maximum atomic E-state index is 13.6. The standard InChI is InChI=1S/C13H6FNO4/c14-9-2-1-3-10-12(9)13(16)8-5-4-7(15(17)18)6-11(8)19-10/h1-6H.